The Hall–Kier alpha value is -0.650. The second-order valence-corrected chi connectivity index (χ2v) is 5.33. The maximum Gasteiger partial charge on any atom is 0.225 e. The number of carbonyl (C=O) groups excluding carboxylic acids is 1. The van der Waals surface area contributed by atoms with Crippen LogP contribution in [0.25, 0.3) is 0 Å². The number of nitrogens with zero attached hydrogens (tertiary/aromatic N) is 1. The molecular weight excluding hydrogens is 210 g/mol. The van der Waals surface area contributed by atoms with E-state index >= 15 is 0 Å². The van der Waals surface area contributed by atoms with Gasteiger partial charge in [0.1, 0.15) is 6.10 Å². The number of ether oxygens (including phenoxy) is 2. The lowest BCUT2D eigenvalue weighted by atomic mass is 9.96. The smallest absolute Gasteiger partial charge is 0.225 e. The van der Waals surface area contributed by atoms with Crippen LogP contribution in [0, 0.1) is 0 Å². The highest BCUT2D eigenvalue weighted by molar-refractivity contribution is 5.80. The van der Waals surface area contributed by atoms with E-state index in [0.717, 1.165) is 0 Å². The molecule has 1 N–H and O–H groups in total. The molecule has 1 amide bonds. The molecule has 0 saturated carbocycles. The first kappa shape index (κ1) is 10.5. The molecule has 0 radical (unpaired) electrons. The number of amides is 1. The summed E-state index contributed by atoms with van der Waals surface area (Å²) in [6, 6.07) is -0.0775. The summed E-state index contributed by atoms with van der Waals surface area (Å²) in [6.07, 6.45) is 0.354. The summed E-state index contributed by atoms with van der Waals surface area (Å²) in [5.74, 6) is -0.535. The van der Waals surface area contributed by atoms with Crippen molar-refractivity contribution in [2.75, 3.05) is 6.54 Å². The monoisotopic (exact) mass is 227 g/mol. The first-order valence-corrected chi connectivity index (χ1v) is 5.79. The van der Waals surface area contributed by atoms with E-state index in [4.69, 9.17) is 9.47 Å². The summed E-state index contributed by atoms with van der Waals surface area (Å²) in [4.78, 5) is 13.4. The van der Waals surface area contributed by atoms with Crippen LogP contribution < -0.4 is 0 Å². The molecular formula is C11H17NO4. The molecule has 0 unspecified atom stereocenters. The van der Waals surface area contributed by atoms with Crippen molar-refractivity contribution in [3.05, 3.63) is 0 Å². The van der Waals surface area contributed by atoms with E-state index in [9.17, 15) is 9.90 Å². The van der Waals surface area contributed by atoms with Crippen LogP contribution in [0.1, 0.15) is 26.7 Å². The Morgan fingerprint density at radius 3 is 2.81 bits per heavy atom. The van der Waals surface area contributed by atoms with Crippen molar-refractivity contribution in [2.45, 2.75) is 56.8 Å². The molecule has 5 heteroatoms. The number of aliphatic hydroxyl groups is 1. The molecule has 0 aromatic rings. The largest absolute Gasteiger partial charge is 0.390 e. The molecule has 16 heavy (non-hydrogen) atoms. The molecule has 0 bridgehead atoms. The maximum atomic E-state index is 11.6. The Morgan fingerprint density at radius 2 is 2.06 bits per heavy atom. The van der Waals surface area contributed by atoms with E-state index in [1.165, 1.54) is 0 Å². The van der Waals surface area contributed by atoms with Crippen molar-refractivity contribution in [3.8, 4) is 0 Å². The lowest BCUT2D eigenvalue weighted by molar-refractivity contribution is -0.146. The van der Waals surface area contributed by atoms with Crippen molar-refractivity contribution in [3.63, 3.8) is 0 Å². The standard InChI is InChI=1S/C11H17NO4/c1-11(2)15-8-3-6-7(13)4-10(14)12(6)5-9(8)16-11/h6-9,13H,3-5H2,1-2H3/t6-,7-,8+,9-/m1/s1. The first-order valence-electron chi connectivity index (χ1n) is 5.79. The van der Waals surface area contributed by atoms with Gasteiger partial charge in [0.15, 0.2) is 5.79 Å². The summed E-state index contributed by atoms with van der Waals surface area (Å²) in [5, 5.41) is 9.79. The molecule has 3 saturated heterocycles. The number of fused-ring (bicyclic) bond motifs is 2. The lowest BCUT2D eigenvalue weighted by Gasteiger charge is -2.36. The summed E-state index contributed by atoms with van der Waals surface area (Å²) >= 11 is 0. The van der Waals surface area contributed by atoms with Crippen LogP contribution in [0.4, 0.5) is 0 Å². The minimum absolute atomic E-state index is 0.0109. The Kier molecular flexibility index (Phi) is 2.09. The molecule has 3 aliphatic heterocycles. The van der Waals surface area contributed by atoms with Crippen molar-refractivity contribution < 1.29 is 19.4 Å². The summed E-state index contributed by atoms with van der Waals surface area (Å²) in [7, 11) is 0. The molecule has 3 aliphatic rings. The highest BCUT2D eigenvalue weighted by Gasteiger charge is 2.52. The van der Waals surface area contributed by atoms with Gasteiger partial charge in [0, 0.05) is 6.54 Å². The van der Waals surface area contributed by atoms with E-state index in [1.807, 2.05) is 13.8 Å². The molecule has 0 aromatic heterocycles. The highest BCUT2D eigenvalue weighted by Crippen LogP contribution is 2.38. The molecule has 4 atom stereocenters. The van der Waals surface area contributed by atoms with Crippen molar-refractivity contribution >= 4 is 5.91 Å². The number of hydrogen-bond donors (Lipinski definition) is 1. The number of hydrogen-bond acceptors (Lipinski definition) is 4. The average Bonchev–Trinajstić information content (AvgIpc) is 2.60. The fourth-order valence-corrected chi connectivity index (χ4v) is 3.04. The van der Waals surface area contributed by atoms with Gasteiger partial charge in [-0.05, 0) is 20.3 Å². The number of aliphatic hydroxyl groups excluding tert-OH is 1. The Bertz CT molecular complexity index is 330. The van der Waals surface area contributed by atoms with Crippen LogP contribution in [0.15, 0.2) is 0 Å². The van der Waals surface area contributed by atoms with Crippen molar-refractivity contribution in [1.29, 1.82) is 0 Å². The fourth-order valence-electron chi connectivity index (χ4n) is 3.04. The third-order valence-electron chi connectivity index (χ3n) is 3.68. The third-order valence-corrected chi connectivity index (χ3v) is 3.68. The minimum atomic E-state index is -0.566. The normalized spacial score (nSPS) is 45.7. The Morgan fingerprint density at radius 1 is 1.38 bits per heavy atom. The van der Waals surface area contributed by atoms with Crippen LogP contribution in [-0.2, 0) is 14.3 Å². The van der Waals surface area contributed by atoms with Gasteiger partial charge in [-0.15, -0.1) is 0 Å². The maximum absolute atomic E-state index is 11.6. The predicted octanol–water partition coefficient (Wildman–Crippen LogP) is -0.128. The Labute approximate surface area is 94.3 Å². The topological polar surface area (TPSA) is 59.0 Å². The van der Waals surface area contributed by atoms with E-state index in [2.05, 4.69) is 0 Å². The molecule has 0 spiro atoms. The minimum Gasteiger partial charge on any atom is -0.390 e. The average molecular weight is 227 g/mol. The van der Waals surface area contributed by atoms with Gasteiger partial charge >= 0.3 is 0 Å². The van der Waals surface area contributed by atoms with Crippen LogP contribution in [0.5, 0.6) is 0 Å². The molecule has 90 valence electrons. The van der Waals surface area contributed by atoms with Gasteiger partial charge in [0.2, 0.25) is 5.91 Å². The zero-order valence-corrected chi connectivity index (χ0v) is 9.55. The summed E-state index contributed by atoms with van der Waals surface area (Å²) in [6.45, 7) is 4.32. The van der Waals surface area contributed by atoms with E-state index < -0.39 is 11.9 Å². The second kappa shape index (κ2) is 3.18. The number of rotatable bonds is 0. The zero-order valence-electron chi connectivity index (χ0n) is 9.55. The van der Waals surface area contributed by atoms with E-state index in [0.29, 0.717) is 13.0 Å². The highest BCUT2D eigenvalue weighted by atomic mass is 16.8. The van der Waals surface area contributed by atoms with Crippen molar-refractivity contribution in [2.24, 2.45) is 0 Å². The summed E-state index contributed by atoms with van der Waals surface area (Å²) in [5.41, 5.74) is 0. The molecule has 0 aliphatic carbocycles. The van der Waals surface area contributed by atoms with Crippen LogP contribution >= 0.6 is 0 Å². The van der Waals surface area contributed by atoms with Gasteiger partial charge in [-0.25, -0.2) is 0 Å². The van der Waals surface area contributed by atoms with Gasteiger partial charge < -0.3 is 19.5 Å². The second-order valence-electron chi connectivity index (χ2n) is 5.33. The zero-order chi connectivity index (χ0) is 11.5. The molecule has 3 fully saturated rings. The molecule has 5 nitrogen and oxygen atoms in total. The lowest BCUT2D eigenvalue weighted by Crippen LogP contribution is -2.51. The van der Waals surface area contributed by atoms with Crippen molar-refractivity contribution in [1.82, 2.24) is 4.90 Å². The van der Waals surface area contributed by atoms with Crippen LogP contribution in [0.3, 0.4) is 0 Å². The Balaban J connectivity index is 1.80. The third kappa shape index (κ3) is 1.46. The predicted molar refractivity (Wildman–Crippen MR) is 54.6 cm³/mol. The molecule has 3 rings (SSSR count). The SMILES string of the molecule is CC1(C)O[C@H]2C[C@@H]3[C@H](O)CC(=O)N3C[C@H]2O1. The quantitative estimate of drug-likeness (QED) is 0.626. The number of piperidine rings is 1. The molecule has 0 aromatic carbocycles. The fraction of sp³-hybridized carbons (Fsp3) is 0.909. The molecule has 3 heterocycles. The van der Waals surface area contributed by atoms with Gasteiger partial charge in [0.05, 0.1) is 24.7 Å². The van der Waals surface area contributed by atoms with E-state index in [-0.39, 0.29) is 30.6 Å². The van der Waals surface area contributed by atoms with Crippen LogP contribution in [0.2, 0.25) is 0 Å². The van der Waals surface area contributed by atoms with Crippen LogP contribution in [-0.4, -0.2) is 52.6 Å². The van der Waals surface area contributed by atoms with Gasteiger partial charge in [-0.2, -0.15) is 0 Å². The van der Waals surface area contributed by atoms with Gasteiger partial charge in [0.25, 0.3) is 0 Å². The first-order chi connectivity index (χ1) is 7.46. The summed E-state index contributed by atoms with van der Waals surface area (Å²) < 4.78 is 11.5. The van der Waals surface area contributed by atoms with E-state index in [1.54, 1.807) is 4.90 Å². The van der Waals surface area contributed by atoms with Gasteiger partial charge in [-0.3, -0.25) is 4.79 Å². The number of carbonyl (C=O) groups is 1. The van der Waals surface area contributed by atoms with Gasteiger partial charge in [-0.1, -0.05) is 0 Å².